The van der Waals surface area contributed by atoms with Crippen molar-refractivity contribution in [3.05, 3.63) is 64.4 Å². The van der Waals surface area contributed by atoms with Gasteiger partial charge in [0.05, 0.1) is 24.8 Å². The molecule has 0 bridgehead atoms. The molecule has 3 rings (SSSR count). The van der Waals surface area contributed by atoms with E-state index in [-0.39, 0.29) is 18.1 Å². The van der Waals surface area contributed by atoms with Crippen molar-refractivity contribution in [2.24, 2.45) is 0 Å². The average Bonchev–Trinajstić information content (AvgIpc) is 2.55. The minimum atomic E-state index is -0.161. The number of morpholine rings is 1. The van der Waals surface area contributed by atoms with Gasteiger partial charge in [-0.3, -0.25) is 9.78 Å². The van der Waals surface area contributed by atoms with Crippen LogP contribution < -0.4 is 0 Å². The summed E-state index contributed by atoms with van der Waals surface area (Å²) < 4.78 is 5.91. The van der Waals surface area contributed by atoms with E-state index >= 15 is 0 Å². The minimum absolute atomic E-state index is 0.00146. The average molecular weight is 331 g/mol. The molecule has 23 heavy (non-hydrogen) atoms. The van der Waals surface area contributed by atoms with Crippen molar-refractivity contribution in [3.63, 3.8) is 0 Å². The van der Waals surface area contributed by atoms with E-state index in [9.17, 15) is 4.79 Å². The topological polar surface area (TPSA) is 42.4 Å². The molecule has 1 fully saturated rings. The highest BCUT2D eigenvalue weighted by molar-refractivity contribution is 6.30. The molecule has 2 aromatic rings. The standard InChI is InChI=1S/C18H19ClN2O2/c1-12-11-23-17(14-5-3-6-15(19)9-14)10-21(12)18(22)16-7-4-8-20-13(16)2/h3-9,12,17H,10-11H2,1-2H3/t12-,17-/m1/s1. The molecule has 0 aliphatic carbocycles. The molecule has 0 saturated carbocycles. The second kappa shape index (κ2) is 6.69. The number of nitrogens with zero attached hydrogens (tertiary/aromatic N) is 2. The summed E-state index contributed by atoms with van der Waals surface area (Å²) in [5.41, 5.74) is 2.38. The molecule has 0 radical (unpaired) electrons. The smallest absolute Gasteiger partial charge is 0.256 e. The highest BCUT2D eigenvalue weighted by Gasteiger charge is 2.31. The molecular weight excluding hydrogens is 312 g/mol. The highest BCUT2D eigenvalue weighted by atomic mass is 35.5. The molecule has 1 aromatic carbocycles. The van der Waals surface area contributed by atoms with Gasteiger partial charge in [0, 0.05) is 16.9 Å². The van der Waals surface area contributed by atoms with E-state index in [4.69, 9.17) is 16.3 Å². The van der Waals surface area contributed by atoms with Crippen LogP contribution in [0.25, 0.3) is 0 Å². The van der Waals surface area contributed by atoms with Crippen molar-refractivity contribution in [2.75, 3.05) is 13.2 Å². The van der Waals surface area contributed by atoms with E-state index < -0.39 is 0 Å². The molecule has 0 spiro atoms. The van der Waals surface area contributed by atoms with E-state index in [1.807, 2.05) is 49.1 Å². The van der Waals surface area contributed by atoms with Crippen LogP contribution in [0.1, 0.15) is 34.6 Å². The summed E-state index contributed by atoms with van der Waals surface area (Å²) in [7, 11) is 0. The molecule has 2 heterocycles. The van der Waals surface area contributed by atoms with E-state index in [2.05, 4.69) is 4.98 Å². The van der Waals surface area contributed by atoms with Crippen LogP contribution in [0.3, 0.4) is 0 Å². The van der Waals surface area contributed by atoms with E-state index in [1.54, 1.807) is 12.3 Å². The zero-order valence-corrected chi connectivity index (χ0v) is 14.0. The van der Waals surface area contributed by atoms with Gasteiger partial charge in [-0.15, -0.1) is 0 Å². The van der Waals surface area contributed by atoms with Gasteiger partial charge in [0.15, 0.2) is 0 Å². The maximum atomic E-state index is 12.9. The first kappa shape index (κ1) is 16.0. The van der Waals surface area contributed by atoms with Crippen molar-refractivity contribution in [3.8, 4) is 0 Å². The largest absolute Gasteiger partial charge is 0.370 e. The molecule has 2 atom stereocenters. The van der Waals surface area contributed by atoms with Gasteiger partial charge in [-0.2, -0.15) is 0 Å². The van der Waals surface area contributed by atoms with Crippen LogP contribution in [0.5, 0.6) is 0 Å². The molecule has 5 heteroatoms. The Morgan fingerprint density at radius 3 is 2.91 bits per heavy atom. The normalized spacial score (nSPS) is 21.3. The van der Waals surface area contributed by atoms with Gasteiger partial charge < -0.3 is 9.64 Å². The Morgan fingerprint density at radius 2 is 2.17 bits per heavy atom. The number of aromatic nitrogens is 1. The fourth-order valence-electron chi connectivity index (χ4n) is 2.81. The van der Waals surface area contributed by atoms with E-state index in [1.165, 1.54) is 0 Å². The van der Waals surface area contributed by atoms with Crippen molar-refractivity contribution in [2.45, 2.75) is 26.0 Å². The Morgan fingerprint density at radius 1 is 1.35 bits per heavy atom. The number of benzene rings is 1. The fraction of sp³-hybridized carbons (Fsp3) is 0.333. The number of hydrogen-bond donors (Lipinski definition) is 0. The van der Waals surface area contributed by atoms with Crippen LogP contribution in [0, 0.1) is 6.92 Å². The summed E-state index contributed by atoms with van der Waals surface area (Å²) in [5, 5.41) is 0.672. The van der Waals surface area contributed by atoms with E-state index in [0.717, 1.165) is 11.3 Å². The molecule has 4 nitrogen and oxygen atoms in total. The van der Waals surface area contributed by atoms with Gasteiger partial charge in [0.25, 0.3) is 5.91 Å². The summed E-state index contributed by atoms with van der Waals surface area (Å²) in [6.07, 6.45) is 1.54. The van der Waals surface area contributed by atoms with Crippen LogP contribution in [0.4, 0.5) is 0 Å². The first-order chi connectivity index (χ1) is 11.1. The van der Waals surface area contributed by atoms with Crippen molar-refractivity contribution in [1.29, 1.82) is 0 Å². The number of carbonyl (C=O) groups is 1. The van der Waals surface area contributed by atoms with Gasteiger partial charge in [-0.1, -0.05) is 23.7 Å². The van der Waals surface area contributed by atoms with Crippen LogP contribution in [-0.2, 0) is 4.74 Å². The Bertz CT molecular complexity index is 720. The SMILES string of the molecule is Cc1ncccc1C(=O)N1C[C@H](c2cccc(Cl)c2)OC[C@H]1C. The Balaban J connectivity index is 1.84. The van der Waals surface area contributed by atoms with Crippen LogP contribution >= 0.6 is 11.6 Å². The van der Waals surface area contributed by atoms with Crippen molar-refractivity contribution < 1.29 is 9.53 Å². The first-order valence-corrected chi connectivity index (χ1v) is 8.03. The van der Waals surface area contributed by atoms with E-state index in [0.29, 0.717) is 23.7 Å². The van der Waals surface area contributed by atoms with Gasteiger partial charge in [-0.05, 0) is 43.7 Å². The zero-order valence-electron chi connectivity index (χ0n) is 13.2. The molecular formula is C18H19ClN2O2. The van der Waals surface area contributed by atoms with Gasteiger partial charge in [-0.25, -0.2) is 0 Å². The number of rotatable bonds is 2. The summed E-state index contributed by atoms with van der Waals surface area (Å²) in [6, 6.07) is 11.2. The highest BCUT2D eigenvalue weighted by Crippen LogP contribution is 2.27. The van der Waals surface area contributed by atoms with Crippen LogP contribution in [0.2, 0.25) is 5.02 Å². The maximum absolute atomic E-state index is 12.9. The number of carbonyl (C=O) groups excluding carboxylic acids is 1. The predicted octanol–water partition coefficient (Wildman–Crippen LogP) is 3.65. The quantitative estimate of drug-likeness (QED) is 0.844. The lowest BCUT2D eigenvalue weighted by Gasteiger charge is -2.38. The number of pyridine rings is 1. The monoisotopic (exact) mass is 330 g/mol. The molecule has 1 amide bonds. The molecule has 0 unspecified atom stereocenters. The number of aryl methyl sites for hydroxylation is 1. The van der Waals surface area contributed by atoms with Gasteiger partial charge in [0.2, 0.25) is 0 Å². The summed E-state index contributed by atoms with van der Waals surface area (Å²) >= 11 is 6.06. The number of halogens is 1. The summed E-state index contributed by atoms with van der Waals surface area (Å²) in [6.45, 7) is 4.86. The number of amides is 1. The van der Waals surface area contributed by atoms with Crippen LogP contribution in [0.15, 0.2) is 42.6 Å². The lowest BCUT2D eigenvalue weighted by atomic mass is 10.0. The number of ether oxygens (including phenoxy) is 1. The molecule has 1 aliphatic heterocycles. The lowest BCUT2D eigenvalue weighted by molar-refractivity contribution is -0.0487. The zero-order chi connectivity index (χ0) is 16.4. The van der Waals surface area contributed by atoms with Crippen molar-refractivity contribution >= 4 is 17.5 Å². The predicted molar refractivity (Wildman–Crippen MR) is 89.6 cm³/mol. The second-order valence-electron chi connectivity index (χ2n) is 5.82. The second-order valence-corrected chi connectivity index (χ2v) is 6.26. The fourth-order valence-corrected chi connectivity index (χ4v) is 3.01. The molecule has 0 N–H and O–H groups in total. The Hall–Kier alpha value is -1.91. The molecule has 120 valence electrons. The third-order valence-corrected chi connectivity index (χ3v) is 4.39. The summed E-state index contributed by atoms with van der Waals surface area (Å²) in [5.74, 6) is -0.00146. The Labute approximate surface area is 141 Å². The third kappa shape index (κ3) is 3.38. The lowest BCUT2D eigenvalue weighted by Crippen LogP contribution is -2.48. The third-order valence-electron chi connectivity index (χ3n) is 4.15. The summed E-state index contributed by atoms with van der Waals surface area (Å²) in [4.78, 5) is 19.0. The first-order valence-electron chi connectivity index (χ1n) is 7.66. The number of hydrogen-bond acceptors (Lipinski definition) is 3. The van der Waals surface area contributed by atoms with Crippen LogP contribution in [-0.4, -0.2) is 35.0 Å². The Kier molecular flexibility index (Phi) is 4.64. The molecule has 1 aliphatic rings. The minimum Gasteiger partial charge on any atom is -0.370 e. The molecule has 1 saturated heterocycles. The molecule has 1 aromatic heterocycles. The van der Waals surface area contributed by atoms with Gasteiger partial charge in [0.1, 0.15) is 6.10 Å². The maximum Gasteiger partial charge on any atom is 0.256 e. The van der Waals surface area contributed by atoms with Gasteiger partial charge >= 0.3 is 0 Å². The van der Waals surface area contributed by atoms with Crippen molar-refractivity contribution in [1.82, 2.24) is 9.88 Å².